The van der Waals surface area contributed by atoms with Crippen molar-refractivity contribution >= 4 is 11.9 Å². The number of pyridine rings is 1. The zero-order valence-corrected chi connectivity index (χ0v) is 9.93. The molecule has 1 aliphatic carbocycles. The standard InChI is InChI=1S/C13H14N2O3/c16-11(15-7-5-13(15)3-1-4-13)10-8-9(12(17)18)2-6-14-10/h2,6,8H,1,3-5,7H2,(H,17,18). The van der Waals surface area contributed by atoms with E-state index in [1.165, 1.54) is 24.8 Å². The quantitative estimate of drug-likeness (QED) is 0.859. The van der Waals surface area contributed by atoms with Crippen LogP contribution in [-0.2, 0) is 0 Å². The highest BCUT2D eigenvalue weighted by molar-refractivity contribution is 5.96. The van der Waals surface area contributed by atoms with Gasteiger partial charge in [-0.05, 0) is 37.8 Å². The lowest BCUT2D eigenvalue weighted by molar-refractivity contribution is -0.0491. The maximum atomic E-state index is 12.3. The fourth-order valence-corrected chi connectivity index (χ4v) is 2.78. The summed E-state index contributed by atoms with van der Waals surface area (Å²) < 4.78 is 0. The minimum absolute atomic E-state index is 0.0675. The minimum atomic E-state index is -1.03. The van der Waals surface area contributed by atoms with Crippen LogP contribution >= 0.6 is 0 Å². The van der Waals surface area contributed by atoms with Gasteiger partial charge >= 0.3 is 5.97 Å². The molecule has 1 saturated carbocycles. The normalized spacial score (nSPS) is 20.1. The molecule has 1 saturated heterocycles. The number of aromatic nitrogens is 1. The molecule has 1 aliphatic heterocycles. The first-order chi connectivity index (χ1) is 8.62. The van der Waals surface area contributed by atoms with Crippen LogP contribution in [0.5, 0.6) is 0 Å². The van der Waals surface area contributed by atoms with Crippen LogP contribution in [0.4, 0.5) is 0 Å². The zero-order valence-electron chi connectivity index (χ0n) is 9.93. The number of carboxylic acid groups (broad SMARTS) is 1. The van der Waals surface area contributed by atoms with Crippen molar-refractivity contribution < 1.29 is 14.7 Å². The number of nitrogens with zero attached hydrogens (tertiary/aromatic N) is 2. The molecular weight excluding hydrogens is 232 g/mol. The van der Waals surface area contributed by atoms with E-state index < -0.39 is 5.97 Å². The van der Waals surface area contributed by atoms with Crippen LogP contribution in [-0.4, -0.2) is 39.0 Å². The van der Waals surface area contributed by atoms with Gasteiger partial charge in [0, 0.05) is 18.3 Å². The highest BCUT2D eigenvalue weighted by atomic mass is 16.4. The van der Waals surface area contributed by atoms with E-state index in [4.69, 9.17) is 5.11 Å². The number of carboxylic acids is 1. The molecule has 94 valence electrons. The van der Waals surface area contributed by atoms with E-state index >= 15 is 0 Å². The van der Waals surface area contributed by atoms with Crippen LogP contribution < -0.4 is 0 Å². The molecule has 18 heavy (non-hydrogen) atoms. The van der Waals surface area contributed by atoms with Crippen molar-refractivity contribution in [2.75, 3.05) is 6.54 Å². The van der Waals surface area contributed by atoms with Crippen molar-refractivity contribution in [1.82, 2.24) is 9.88 Å². The van der Waals surface area contributed by atoms with E-state index in [1.54, 1.807) is 0 Å². The predicted molar refractivity (Wildman–Crippen MR) is 63.4 cm³/mol. The van der Waals surface area contributed by atoms with Crippen molar-refractivity contribution in [3.63, 3.8) is 0 Å². The molecule has 1 aromatic rings. The molecule has 0 unspecified atom stereocenters. The second-order valence-corrected chi connectivity index (χ2v) is 5.02. The SMILES string of the molecule is O=C(O)c1ccnc(C(=O)N2CCC23CCC3)c1. The summed E-state index contributed by atoms with van der Waals surface area (Å²) in [6.45, 7) is 0.762. The highest BCUT2D eigenvalue weighted by Crippen LogP contribution is 2.47. The first-order valence-corrected chi connectivity index (χ1v) is 6.14. The number of rotatable bonds is 2. The molecule has 1 spiro atoms. The number of aromatic carboxylic acids is 1. The second-order valence-electron chi connectivity index (χ2n) is 5.02. The smallest absolute Gasteiger partial charge is 0.335 e. The average molecular weight is 246 g/mol. The van der Waals surface area contributed by atoms with Crippen LogP contribution in [0.3, 0.4) is 0 Å². The van der Waals surface area contributed by atoms with Crippen molar-refractivity contribution in [1.29, 1.82) is 0 Å². The van der Waals surface area contributed by atoms with E-state index in [0.29, 0.717) is 0 Å². The summed E-state index contributed by atoms with van der Waals surface area (Å²) in [4.78, 5) is 29.0. The van der Waals surface area contributed by atoms with Crippen molar-refractivity contribution in [2.24, 2.45) is 0 Å². The van der Waals surface area contributed by atoms with E-state index in [9.17, 15) is 9.59 Å². The summed E-state index contributed by atoms with van der Waals surface area (Å²) >= 11 is 0. The number of likely N-dealkylation sites (tertiary alicyclic amines) is 1. The molecule has 2 heterocycles. The zero-order chi connectivity index (χ0) is 12.8. The summed E-state index contributed by atoms with van der Waals surface area (Å²) in [5, 5.41) is 8.91. The number of amides is 1. The van der Waals surface area contributed by atoms with E-state index in [2.05, 4.69) is 4.98 Å². The molecule has 0 bridgehead atoms. The van der Waals surface area contributed by atoms with Gasteiger partial charge in [-0.15, -0.1) is 0 Å². The minimum Gasteiger partial charge on any atom is -0.478 e. The molecule has 2 fully saturated rings. The van der Waals surface area contributed by atoms with Crippen molar-refractivity contribution in [3.8, 4) is 0 Å². The predicted octanol–water partition coefficient (Wildman–Crippen LogP) is 1.55. The number of carbonyl (C=O) groups excluding carboxylic acids is 1. The first kappa shape index (κ1) is 11.2. The van der Waals surface area contributed by atoms with Gasteiger partial charge in [0.15, 0.2) is 0 Å². The number of carbonyl (C=O) groups is 2. The third-order valence-corrected chi connectivity index (χ3v) is 4.13. The molecule has 1 aromatic heterocycles. The Bertz CT molecular complexity index is 517. The van der Waals surface area contributed by atoms with Gasteiger partial charge in [0.1, 0.15) is 5.69 Å². The molecule has 0 radical (unpaired) electrons. The van der Waals surface area contributed by atoms with Gasteiger partial charge in [-0.1, -0.05) is 0 Å². The number of hydrogen-bond donors (Lipinski definition) is 1. The maximum Gasteiger partial charge on any atom is 0.335 e. The van der Waals surface area contributed by atoms with Crippen molar-refractivity contribution in [2.45, 2.75) is 31.2 Å². The maximum absolute atomic E-state index is 12.3. The molecule has 5 nitrogen and oxygen atoms in total. The van der Waals surface area contributed by atoms with Gasteiger partial charge in [0.2, 0.25) is 0 Å². The molecule has 5 heteroatoms. The molecular formula is C13H14N2O3. The fourth-order valence-electron chi connectivity index (χ4n) is 2.78. The van der Waals surface area contributed by atoms with Gasteiger partial charge < -0.3 is 10.0 Å². The lowest BCUT2D eigenvalue weighted by atomic mass is 9.67. The Kier molecular flexibility index (Phi) is 2.36. The van der Waals surface area contributed by atoms with E-state index in [1.807, 2.05) is 4.90 Å². The Hall–Kier alpha value is -1.91. The summed E-state index contributed by atoms with van der Waals surface area (Å²) in [7, 11) is 0. The Labute approximate surface area is 104 Å². The largest absolute Gasteiger partial charge is 0.478 e. The molecule has 0 aromatic carbocycles. The van der Waals surface area contributed by atoms with Crippen LogP contribution in [0, 0.1) is 0 Å². The molecule has 1 amide bonds. The molecule has 2 aliphatic rings. The lowest BCUT2D eigenvalue weighted by Gasteiger charge is -2.58. The average Bonchev–Trinajstić information content (AvgIpc) is 2.25. The third kappa shape index (κ3) is 1.50. The van der Waals surface area contributed by atoms with Gasteiger partial charge in [0.05, 0.1) is 5.56 Å². The van der Waals surface area contributed by atoms with Gasteiger partial charge in [-0.3, -0.25) is 9.78 Å². The lowest BCUT2D eigenvalue weighted by Crippen LogP contribution is -2.65. The highest BCUT2D eigenvalue weighted by Gasteiger charge is 2.51. The topological polar surface area (TPSA) is 70.5 Å². The third-order valence-electron chi connectivity index (χ3n) is 4.13. The fraction of sp³-hybridized carbons (Fsp3) is 0.462. The van der Waals surface area contributed by atoms with Gasteiger partial charge in [-0.2, -0.15) is 0 Å². The monoisotopic (exact) mass is 246 g/mol. The van der Waals surface area contributed by atoms with E-state index in [-0.39, 0.29) is 22.7 Å². The Morgan fingerprint density at radius 3 is 2.61 bits per heavy atom. The van der Waals surface area contributed by atoms with E-state index in [0.717, 1.165) is 25.8 Å². The number of hydrogen-bond acceptors (Lipinski definition) is 3. The molecule has 1 N–H and O–H groups in total. The summed E-state index contributed by atoms with van der Waals surface area (Å²) in [6, 6.07) is 2.75. The molecule has 3 rings (SSSR count). The Balaban J connectivity index is 1.84. The second kappa shape index (κ2) is 3.80. The Morgan fingerprint density at radius 1 is 1.33 bits per heavy atom. The summed E-state index contributed by atoms with van der Waals surface area (Å²) in [5.41, 5.74) is 0.412. The first-order valence-electron chi connectivity index (χ1n) is 6.14. The van der Waals surface area contributed by atoms with Crippen molar-refractivity contribution in [3.05, 3.63) is 29.6 Å². The van der Waals surface area contributed by atoms with Gasteiger partial charge in [0.25, 0.3) is 5.91 Å². The van der Waals surface area contributed by atoms with Crippen LogP contribution in [0.25, 0.3) is 0 Å². The molecule has 0 atom stereocenters. The van der Waals surface area contributed by atoms with Gasteiger partial charge in [-0.25, -0.2) is 4.79 Å². The van der Waals surface area contributed by atoms with Crippen LogP contribution in [0.1, 0.15) is 46.5 Å². The summed E-state index contributed by atoms with van der Waals surface area (Å²) in [5.74, 6) is -1.17. The Morgan fingerprint density at radius 2 is 2.11 bits per heavy atom. The summed E-state index contributed by atoms with van der Waals surface area (Å²) in [6.07, 6.45) is 5.75. The van der Waals surface area contributed by atoms with Crippen LogP contribution in [0.15, 0.2) is 18.3 Å². The van der Waals surface area contributed by atoms with Crippen LogP contribution in [0.2, 0.25) is 0 Å².